The Morgan fingerprint density at radius 1 is 1.16 bits per heavy atom. The molecule has 2 rings (SSSR count). The van der Waals surface area contributed by atoms with Gasteiger partial charge in [-0.3, -0.25) is 15.2 Å². The number of carbonyl (C=O) groups is 1. The number of thiocarbonyl (C=S) groups is 1. The number of benzene rings is 2. The molecule has 0 aliphatic rings. The molecule has 0 aliphatic carbocycles. The van der Waals surface area contributed by atoms with Crippen molar-refractivity contribution in [2.75, 3.05) is 7.05 Å². The molecule has 0 bridgehead atoms. The van der Waals surface area contributed by atoms with Gasteiger partial charge in [0.25, 0.3) is 5.91 Å². The van der Waals surface area contributed by atoms with E-state index in [9.17, 15) is 4.79 Å². The quantitative estimate of drug-likeness (QED) is 0.467. The van der Waals surface area contributed by atoms with E-state index in [0.29, 0.717) is 21.7 Å². The molecule has 4 nitrogen and oxygen atoms in total. The zero-order chi connectivity index (χ0) is 18.2. The van der Waals surface area contributed by atoms with Gasteiger partial charge in [0, 0.05) is 19.7 Å². The van der Waals surface area contributed by atoms with Crippen LogP contribution in [0.25, 0.3) is 6.08 Å². The normalized spacial score (nSPS) is 10.5. The van der Waals surface area contributed by atoms with Gasteiger partial charge in [0.1, 0.15) is 0 Å². The summed E-state index contributed by atoms with van der Waals surface area (Å²) in [6.45, 7) is 0.582. The Bertz CT molecular complexity index is 781. The van der Waals surface area contributed by atoms with Crippen molar-refractivity contribution in [3.05, 3.63) is 75.8 Å². The van der Waals surface area contributed by atoms with Crippen molar-refractivity contribution in [3.63, 3.8) is 0 Å². The van der Waals surface area contributed by atoms with Crippen molar-refractivity contribution in [1.82, 2.24) is 15.8 Å². The first-order valence-corrected chi connectivity index (χ1v) is 8.61. The number of nitrogens with one attached hydrogen (secondary N) is 2. The van der Waals surface area contributed by atoms with Gasteiger partial charge in [0.15, 0.2) is 5.11 Å². The lowest BCUT2D eigenvalue weighted by molar-refractivity contribution is -0.119. The monoisotopic (exact) mass is 393 g/mol. The summed E-state index contributed by atoms with van der Waals surface area (Å²) in [7, 11) is 1.67. The zero-order valence-corrected chi connectivity index (χ0v) is 15.8. The van der Waals surface area contributed by atoms with Gasteiger partial charge in [-0.25, -0.2) is 0 Å². The Kier molecular flexibility index (Phi) is 7.25. The van der Waals surface area contributed by atoms with Crippen molar-refractivity contribution in [1.29, 1.82) is 0 Å². The van der Waals surface area contributed by atoms with Crippen LogP contribution in [0, 0.1) is 0 Å². The summed E-state index contributed by atoms with van der Waals surface area (Å²) in [4.78, 5) is 12.0. The molecule has 2 N–H and O–H groups in total. The van der Waals surface area contributed by atoms with Gasteiger partial charge < -0.3 is 5.32 Å². The Hall–Kier alpha value is -2.08. The molecule has 0 saturated carbocycles. The summed E-state index contributed by atoms with van der Waals surface area (Å²) < 4.78 is 0. The van der Waals surface area contributed by atoms with Gasteiger partial charge in [0.2, 0.25) is 0 Å². The number of hydrogen-bond donors (Lipinski definition) is 2. The van der Waals surface area contributed by atoms with Crippen LogP contribution in [-0.2, 0) is 11.3 Å². The van der Waals surface area contributed by atoms with E-state index in [2.05, 4.69) is 10.7 Å². The van der Waals surface area contributed by atoms with Gasteiger partial charge in [-0.15, -0.1) is 0 Å². The standard InChI is InChI=1S/C18H17Cl2N3OS/c1-23(18(25)21-12-14-5-3-2-4-6-14)22-17(24)10-8-13-7-9-15(19)16(20)11-13/h2-11H,12H2,1H3,(H,21,25)(H,22,24)/b10-8+. The molecular weight excluding hydrogens is 377 g/mol. The average Bonchev–Trinajstić information content (AvgIpc) is 2.61. The van der Waals surface area contributed by atoms with Crippen molar-refractivity contribution in [3.8, 4) is 0 Å². The first kappa shape index (κ1) is 19.2. The fourth-order valence-electron chi connectivity index (χ4n) is 1.93. The van der Waals surface area contributed by atoms with E-state index in [-0.39, 0.29) is 5.91 Å². The van der Waals surface area contributed by atoms with Crippen LogP contribution < -0.4 is 10.7 Å². The molecule has 0 atom stereocenters. The highest BCUT2D eigenvalue weighted by atomic mass is 35.5. The van der Waals surface area contributed by atoms with Crippen molar-refractivity contribution < 1.29 is 4.79 Å². The summed E-state index contributed by atoms with van der Waals surface area (Å²) in [5.74, 6) is -0.308. The van der Waals surface area contributed by atoms with E-state index in [0.717, 1.165) is 11.1 Å². The lowest BCUT2D eigenvalue weighted by Crippen LogP contribution is -2.47. The van der Waals surface area contributed by atoms with E-state index < -0.39 is 0 Å². The highest BCUT2D eigenvalue weighted by Crippen LogP contribution is 2.23. The van der Waals surface area contributed by atoms with Crippen molar-refractivity contribution >= 4 is 52.5 Å². The van der Waals surface area contributed by atoms with Gasteiger partial charge >= 0.3 is 0 Å². The third-order valence-corrected chi connectivity index (χ3v) is 4.40. The second kappa shape index (κ2) is 9.42. The lowest BCUT2D eigenvalue weighted by Gasteiger charge is -2.21. The molecule has 2 aromatic rings. The highest BCUT2D eigenvalue weighted by Gasteiger charge is 2.06. The number of rotatable bonds is 4. The molecule has 0 heterocycles. The van der Waals surface area contributed by atoms with Crippen LogP contribution >= 0.6 is 35.4 Å². The molecule has 2 aromatic carbocycles. The minimum absolute atomic E-state index is 0.308. The molecule has 7 heteroatoms. The van der Waals surface area contributed by atoms with Crippen LogP contribution in [0.1, 0.15) is 11.1 Å². The van der Waals surface area contributed by atoms with Crippen LogP contribution in [0.15, 0.2) is 54.6 Å². The maximum Gasteiger partial charge on any atom is 0.262 e. The fourth-order valence-corrected chi connectivity index (χ4v) is 2.36. The van der Waals surface area contributed by atoms with E-state index in [4.69, 9.17) is 35.4 Å². The minimum atomic E-state index is -0.308. The van der Waals surface area contributed by atoms with Crippen molar-refractivity contribution in [2.45, 2.75) is 6.54 Å². The Morgan fingerprint density at radius 2 is 1.88 bits per heavy atom. The van der Waals surface area contributed by atoms with E-state index in [1.807, 2.05) is 30.3 Å². The first-order valence-electron chi connectivity index (χ1n) is 7.45. The van der Waals surface area contributed by atoms with Crippen LogP contribution in [0.3, 0.4) is 0 Å². The molecule has 0 saturated heterocycles. The van der Waals surface area contributed by atoms with Crippen LogP contribution in [0.2, 0.25) is 10.0 Å². The third-order valence-electron chi connectivity index (χ3n) is 3.24. The molecule has 0 aliphatic heterocycles. The van der Waals surface area contributed by atoms with Crippen LogP contribution in [0.5, 0.6) is 0 Å². The van der Waals surface area contributed by atoms with E-state index >= 15 is 0 Å². The predicted octanol–water partition coefficient (Wildman–Crippen LogP) is 4.04. The smallest absolute Gasteiger partial charge is 0.262 e. The molecule has 130 valence electrons. The molecular formula is C18H17Cl2N3OS. The summed E-state index contributed by atoms with van der Waals surface area (Å²) in [6, 6.07) is 15.0. The van der Waals surface area contributed by atoms with Gasteiger partial charge in [-0.1, -0.05) is 59.6 Å². The lowest BCUT2D eigenvalue weighted by atomic mass is 10.2. The third kappa shape index (κ3) is 6.38. The number of carbonyl (C=O) groups excluding carboxylic acids is 1. The number of nitrogens with zero attached hydrogens (tertiary/aromatic N) is 1. The molecule has 25 heavy (non-hydrogen) atoms. The second-order valence-electron chi connectivity index (χ2n) is 5.19. The maximum atomic E-state index is 12.0. The number of hydrogen-bond acceptors (Lipinski definition) is 2. The topological polar surface area (TPSA) is 44.4 Å². The number of amides is 1. The highest BCUT2D eigenvalue weighted by molar-refractivity contribution is 7.80. The summed E-state index contributed by atoms with van der Waals surface area (Å²) in [5, 5.41) is 5.86. The second-order valence-corrected chi connectivity index (χ2v) is 6.39. The van der Waals surface area contributed by atoms with Crippen LogP contribution in [0.4, 0.5) is 0 Å². The maximum absolute atomic E-state index is 12.0. The predicted molar refractivity (Wildman–Crippen MR) is 107 cm³/mol. The molecule has 0 fully saturated rings. The molecule has 0 unspecified atom stereocenters. The first-order chi connectivity index (χ1) is 12.0. The van der Waals surface area contributed by atoms with E-state index in [1.54, 1.807) is 31.3 Å². The number of halogens is 2. The summed E-state index contributed by atoms with van der Waals surface area (Å²) in [6.07, 6.45) is 3.04. The van der Waals surface area contributed by atoms with Gasteiger partial charge in [0.05, 0.1) is 10.0 Å². The Morgan fingerprint density at radius 3 is 2.56 bits per heavy atom. The summed E-state index contributed by atoms with van der Waals surface area (Å²) in [5.41, 5.74) is 4.53. The summed E-state index contributed by atoms with van der Waals surface area (Å²) >= 11 is 17.0. The molecule has 0 radical (unpaired) electrons. The minimum Gasteiger partial charge on any atom is -0.357 e. The molecule has 1 amide bonds. The average molecular weight is 394 g/mol. The molecule has 0 aromatic heterocycles. The van der Waals surface area contributed by atoms with Gasteiger partial charge in [-0.05, 0) is 41.6 Å². The largest absolute Gasteiger partial charge is 0.357 e. The van der Waals surface area contributed by atoms with Crippen LogP contribution in [-0.4, -0.2) is 23.1 Å². The Labute approximate surface area is 162 Å². The zero-order valence-electron chi connectivity index (χ0n) is 13.5. The van der Waals surface area contributed by atoms with Gasteiger partial charge in [-0.2, -0.15) is 0 Å². The fraction of sp³-hybridized carbons (Fsp3) is 0.111. The Balaban J connectivity index is 1.83. The molecule has 0 spiro atoms. The van der Waals surface area contributed by atoms with Crippen molar-refractivity contribution in [2.24, 2.45) is 0 Å². The number of hydrazine groups is 1. The van der Waals surface area contributed by atoms with E-state index in [1.165, 1.54) is 11.1 Å². The SMILES string of the molecule is CN(NC(=O)/C=C/c1ccc(Cl)c(Cl)c1)C(=S)NCc1ccccc1.